The number of aliphatic hydroxyl groups excluding tert-OH is 1. The lowest BCUT2D eigenvalue weighted by Crippen LogP contribution is -2.53. The molecule has 0 bridgehead atoms. The van der Waals surface area contributed by atoms with E-state index in [2.05, 4.69) is 9.71 Å². The third-order valence-corrected chi connectivity index (χ3v) is 5.16. The predicted octanol–water partition coefficient (Wildman–Crippen LogP) is 1.69. The van der Waals surface area contributed by atoms with Gasteiger partial charge in [0.2, 0.25) is 0 Å². The molecule has 130 valence electrons. The molecule has 1 saturated heterocycles. The molecule has 1 aromatic rings. The molecule has 4 atom stereocenters. The number of aliphatic hydroxyl groups is 1. The maximum atomic E-state index is 12.5. The minimum atomic E-state index is -1.36. The van der Waals surface area contributed by atoms with E-state index in [9.17, 15) is 9.66 Å². The van der Waals surface area contributed by atoms with E-state index in [0.717, 1.165) is 0 Å². The SMILES string of the molecule is CC1(C)OC[C@H]([C@H](N[S+]([O-])C(C)(C)C)[C@@H](O)c2ccccn2)O1. The van der Waals surface area contributed by atoms with Crippen LogP contribution in [-0.2, 0) is 20.8 Å². The molecular formula is C16H26N2O4S. The number of hydrogen-bond acceptors (Lipinski definition) is 6. The van der Waals surface area contributed by atoms with Gasteiger partial charge in [-0.2, -0.15) is 0 Å². The highest BCUT2D eigenvalue weighted by Gasteiger charge is 2.44. The van der Waals surface area contributed by atoms with Gasteiger partial charge in [0.1, 0.15) is 23.0 Å². The average Bonchev–Trinajstić information content (AvgIpc) is 2.83. The Morgan fingerprint density at radius 3 is 2.61 bits per heavy atom. The standard InChI is InChI=1S/C16H26N2O4S/c1-15(2,3)23(20)18-13(12-10-21-16(4,5)22-12)14(19)11-8-6-7-9-17-11/h6-9,12-14,18-19H,10H2,1-5H3/t12-,13+,14+,23?/m1/s1. The van der Waals surface area contributed by atoms with E-state index >= 15 is 0 Å². The summed E-state index contributed by atoms with van der Waals surface area (Å²) in [7, 11) is 0. The summed E-state index contributed by atoms with van der Waals surface area (Å²) in [5.74, 6) is -0.725. The quantitative estimate of drug-likeness (QED) is 0.792. The van der Waals surface area contributed by atoms with E-state index in [4.69, 9.17) is 9.47 Å². The van der Waals surface area contributed by atoms with Gasteiger partial charge in [0.05, 0.1) is 12.3 Å². The van der Waals surface area contributed by atoms with Crippen molar-refractivity contribution in [3.63, 3.8) is 0 Å². The van der Waals surface area contributed by atoms with E-state index in [1.807, 2.05) is 34.6 Å². The molecule has 0 saturated carbocycles. The molecule has 2 rings (SSSR count). The van der Waals surface area contributed by atoms with E-state index in [1.165, 1.54) is 0 Å². The van der Waals surface area contributed by atoms with Gasteiger partial charge in [0.15, 0.2) is 5.79 Å². The zero-order chi connectivity index (χ0) is 17.3. The van der Waals surface area contributed by atoms with Gasteiger partial charge >= 0.3 is 0 Å². The molecule has 2 N–H and O–H groups in total. The first-order chi connectivity index (χ1) is 10.6. The topological polar surface area (TPSA) is 86.7 Å². The van der Waals surface area contributed by atoms with Crippen molar-refractivity contribution in [3.8, 4) is 0 Å². The van der Waals surface area contributed by atoms with Gasteiger partial charge in [0, 0.05) is 17.6 Å². The first-order valence-corrected chi connectivity index (χ1v) is 8.84. The number of rotatable bonds is 5. The number of aromatic nitrogens is 1. The van der Waals surface area contributed by atoms with Crippen LogP contribution in [0.15, 0.2) is 24.4 Å². The largest absolute Gasteiger partial charge is 0.598 e. The van der Waals surface area contributed by atoms with Crippen LogP contribution in [0.25, 0.3) is 0 Å². The lowest BCUT2D eigenvalue weighted by Gasteiger charge is -2.32. The molecule has 23 heavy (non-hydrogen) atoms. The van der Waals surface area contributed by atoms with Crippen LogP contribution < -0.4 is 4.72 Å². The Hall–Kier alpha value is -0.700. The van der Waals surface area contributed by atoms with Crippen LogP contribution in [0, 0.1) is 0 Å². The summed E-state index contributed by atoms with van der Waals surface area (Å²) in [6.45, 7) is 9.56. The maximum Gasteiger partial charge on any atom is 0.163 e. The fourth-order valence-corrected chi connectivity index (χ4v) is 3.15. The van der Waals surface area contributed by atoms with Crippen molar-refractivity contribution in [2.75, 3.05) is 6.61 Å². The molecule has 0 radical (unpaired) electrons. The zero-order valence-corrected chi connectivity index (χ0v) is 15.1. The third kappa shape index (κ3) is 4.89. The molecular weight excluding hydrogens is 316 g/mol. The molecule has 2 heterocycles. The second kappa shape index (κ2) is 7.04. The van der Waals surface area contributed by atoms with E-state index in [0.29, 0.717) is 12.3 Å². The van der Waals surface area contributed by atoms with Crippen LogP contribution in [0.2, 0.25) is 0 Å². The molecule has 1 aliphatic rings. The van der Waals surface area contributed by atoms with Gasteiger partial charge in [-0.15, -0.1) is 4.72 Å². The Balaban J connectivity index is 2.21. The van der Waals surface area contributed by atoms with Crippen molar-refractivity contribution in [1.82, 2.24) is 9.71 Å². The Kier molecular flexibility index (Phi) is 5.71. The molecule has 0 aromatic carbocycles. The number of ether oxygens (including phenoxy) is 2. The molecule has 1 fully saturated rings. The highest BCUT2D eigenvalue weighted by Crippen LogP contribution is 2.30. The first-order valence-electron chi connectivity index (χ1n) is 7.69. The Labute approximate surface area is 140 Å². The molecule has 6 nitrogen and oxygen atoms in total. The molecule has 1 unspecified atom stereocenters. The zero-order valence-electron chi connectivity index (χ0n) is 14.3. The number of hydrogen-bond donors (Lipinski definition) is 2. The van der Waals surface area contributed by atoms with Crippen molar-refractivity contribution in [2.24, 2.45) is 0 Å². The van der Waals surface area contributed by atoms with Crippen LogP contribution in [0.5, 0.6) is 0 Å². The fraction of sp³-hybridized carbons (Fsp3) is 0.688. The minimum absolute atomic E-state index is 0.315. The van der Waals surface area contributed by atoms with Crippen molar-refractivity contribution in [3.05, 3.63) is 30.1 Å². The third-order valence-electron chi connectivity index (χ3n) is 3.56. The summed E-state index contributed by atoms with van der Waals surface area (Å²) >= 11 is -1.36. The Morgan fingerprint density at radius 1 is 1.43 bits per heavy atom. The summed E-state index contributed by atoms with van der Waals surface area (Å²) in [6, 6.07) is 4.73. The smallest absolute Gasteiger partial charge is 0.163 e. The number of pyridine rings is 1. The second-order valence-corrected chi connectivity index (χ2v) is 9.09. The van der Waals surface area contributed by atoms with Gasteiger partial charge in [-0.25, -0.2) is 0 Å². The number of nitrogens with zero attached hydrogens (tertiary/aromatic N) is 1. The van der Waals surface area contributed by atoms with Crippen LogP contribution in [0.4, 0.5) is 0 Å². The van der Waals surface area contributed by atoms with Gasteiger partial charge < -0.3 is 19.1 Å². The molecule has 1 aliphatic heterocycles. The van der Waals surface area contributed by atoms with Crippen molar-refractivity contribution >= 4 is 11.4 Å². The highest BCUT2D eigenvalue weighted by molar-refractivity contribution is 7.90. The summed E-state index contributed by atoms with van der Waals surface area (Å²) in [6.07, 6.45) is 0.241. The Morgan fingerprint density at radius 2 is 2.13 bits per heavy atom. The van der Waals surface area contributed by atoms with Crippen LogP contribution >= 0.6 is 0 Å². The van der Waals surface area contributed by atoms with Gasteiger partial charge in [-0.1, -0.05) is 6.07 Å². The lowest BCUT2D eigenvalue weighted by molar-refractivity contribution is -0.144. The van der Waals surface area contributed by atoms with Crippen molar-refractivity contribution in [2.45, 2.75) is 63.4 Å². The van der Waals surface area contributed by atoms with E-state index in [1.54, 1.807) is 24.4 Å². The summed E-state index contributed by atoms with van der Waals surface area (Å²) < 4.78 is 26.5. The molecule has 7 heteroatoms. The first kappa shape index (κ1) is 18.6. The summed E-state index contributed by atoms with van der Waals surface area (Å²) in [5, 5.41) is 10.7. The molecule has 1 aromatic heterocycles. The lowest BCUT2D eigenvalue weighted by atomic mass is 10.0. The monoisotopic (exact) mass is 342 g/mol. The van der Waals surface area contributed by atoms with Crippen molar-refractivity contribution in [1.29, 1.82) is 0 Å². The maximum absolute atomic E-state index is 12.5. The summed E-state index contributed by atoms with van der Waals surface area (Å²) in [5.41, 5.74) is 0.504. The van der Waals surface area contributed by atoms with Crippen molar-refractivity contribution < 1.29 is 19.1 Å². The van der Waals surface area contributed by atoms with E-state index in [-0.39, 0.29) is 0 Å². The molecule has 0 spiro atoms. The van der Waals surface area contributed by atoms with Gasteiger partial charge in [-0.3, -0.25) is 4.98 Å². The minimum Gasteiger partial charge on any atom is -0.598 e. The van der Waals surface area contributed by atoms with Gasteiger partial charge in [0.25, 0.3) is 0 Å². The Bertz CT molecular complexity index is 507. The number of nitrogens with one attached hydrogen (secondary N) is 1. The predicted molar refractivity (Wildman–Crippen MR) is 88.9 cm³/mol. The molecule has 0 aliphatic carbocycles. The summed E-state index contributed by atoms with van der Waals surface area (Å²) in [4.78, 5) is 4.19. The second-order valence-electron chi connectivity index (χ2n) is 7.09. The fourth-order valence-electron chi connectivity index (χ4n) is 2.27. The molecule has 0 amide bonds. The average molecular weight is 342 g/mol. The normalized spacial score (nSPS) is 25.1. The van der Waals surface area contributed by atoms with Gasteiger partial charge in [-0.05, 0) is 46.8 Å². The highest BCUT2D eigenvalue weighted by atomic mass is 32.2. The van der Waals surface area contributed by atoms with Crippen LogP contribution in [0.3, 0.4) is 0 Å². The van der Waals surface area contributed by atoms with Crippen LogP contribution in [-0.4, -0.2) is 43.9 Å². The van der Waals surface area contributed by atoms with E-state index < -0.39 is 40.1 Å². The van der Waals surface area contributed by atoms with Crippen LogP contribution in [0.1, 0.15) is 46.4 Å².